The van der Waals surface area contributed by atoms with Gasteiger partial charge in [0.15, 0.2) is 5.82 Å². The average molecular weight is 626 g/mol. The Morgan fingerprint density at radius 1 is 0.809 bits per heavy atom. The van der Waals surface area contributed by atoms with E-state index in [0.29, 0.717) is 47.5 Å². The standard InChI is InChI=1S/C36H31N7O4/c1-3-4-13-31-37-22(2)28(20-32-39-34(42-46-32)30-19-18-25-9-5-8-12-29(25)38-30)35(44)43(31)21-23-14-16-24(17-15-23)26-10-6-7-11-27(26)33-40-36(45)47-41-33/h5-12,14-19H,3-4,13,20-21H2,1-2H3,(H,40,41,45). The first-order valence-corrected chi connectivity index (χ1v) is 15.5. The summed E-state index contributed by atoms with van der Waals surface area (Å²) in [7, 11) is 0. The first-order valence-electron chi connectivity index (χ1n) is 15.5. The highest BCUT2D eigenvalue weighted by Crippen LogP contribution is 2.30. The van der Waals surface area contributed by atoms with Crippen LogP contribution in [0.25, 0.3) is 44.9 Å². The van der Waals surface area contributed by atoms with E-state index in [-0.39, 0.29) is 12.0 Å². The minimum Gasteiger partial charge on any atom is -0.339 e. The summed E-state index contributed by atoms with van der Waals surface area (Å²) in [6, 6.07) is 27.3. The third-order valence-corrected chi connectivity index (χ3v) is 8.15. The molecule has 0 aliphatic carbocycles. The second-order valence-corrected chi connectivity index (χ2v) is 11.4. The number of aromatic nitrogens is 7. The van der Waals surface area contributed by atoms with Gasteiger partial charge in [-0.05, 0) is 42.2 Å². The zero-order valence-electron chi connectivity index (χ0n) is 25.9. The number of nitrogens with one attached hydrogen (secondary N) is 1. The van der Waals surface area contributed by atoms with Crippen molar-refractivity contribution in [3.63, 3.8) is 0 Å². The van der Waals surface area contributed by atoms with Crippen LogP contribution in [0.1, 0.15) is 48.3 Å². The molecule has 234 valence electrons. The van der Waals surface area contributed by atoms with Gasteiger partial charge in [0, 0.05) is 28.6 Å². The first kappa shape index (κ1) is 29.7. The molecule has 0 atom stereocenters. The average Bonchev–Trinajstić information content (AvgIpc) is 3.76. The lowest BCUT2D eigenvalue weighted by Gasteiger charge is -2.16. The maximum absolute atomic E-state index is 14.1. The van der Waals surface area contributed by atoms with E-state index in [1.807, 2.05) is 91.9 Å². The molecule has 0 unspecified atom stereocenters. The first-order chi connectivity index (χ1) is 23.0. The number of nitrogens with zero attached hydrogens (tertiary/aromatic N) is 6. The molecule has 0 amide bonds. The molecule has 0 fully saturated rings. The van der Waals surface area contributed by atoms with Gasteiger partial charge in [0.25, 0.3) is 5.56 Å². The van der Waals surface area contributed by atoms with Crippen molar-refractivity contribution >= 4 is 10.9 Å². The second kappa shape index (κ2) is 12.8. The normalized spacial score (nSPS) is 11.4. The number of para-hydroxylation sites is 1. The Kier molecular flexibility index (Phi) is 8.09. The minimum absolute atomic E-state index is 0.128. The molecule has 7 rings (SSSR count). The molecule has 0 aliphatic heterocycles. The number of H-pyrrole nitrogens is 1. The van der Waals surface area contributed by atoms with Crippen LogP contribution in [0.2, 0.25) is 0 Å². The van der Waals surface area contributed by atoms with Crippen molar-refractivity contribution < 1.29 is 9.05 Å². The van der Waals surface area contributed by atoms with E-state index in [1.165, 1.54) is 0 Å². The quantitative estimate of drug-likeness (QED) is 0.189. The van der Waals surface area contributed by atoms with E-state index in [2.05, 4.69) is 32.2 Å². The minimum atomic E-state index is -0.609. The number of pyridine rings is 1. The van der Waals surface area contributed by atoms with Gasteiger partial charge in [-0.25, -0.2) is 14.8 Å². The Balaban J connectivity index is 1.18. The van der Waals surface area contributed by atoms with Crippen LogP contribution in [0.3, 0.4) is 0 Å². The van der Waals surface area contributed by atoms with Gasteiger partial charge in [-0.1, -0.05) is 96.5 Å². The summed E-state index contributed by atoms with van der Waals surface area (Å²) in [4.78, 5) is 42.4. The zero-order chi connectivity index (χ0) is 32.3. The molecule has 1 N–H and O–H groups in total. The van der Waals surface area contributed by atoms with Crippen molar-refractivity contribution in [3.8, 4) is 34.0 Å². The molecule has 0 radical (unpaired) electrons. The van der Waals surface area contributed by atoms with Gasteiger partial charge < -0.3 is 4.52 Å². The molecule has 11 heteroatoms. The summed E-state index contributed by atoms with van der Waals surface area (Å²) >= 11 is 0. The molecule has 3 aromatic carbocycles. The third-order valence-electron chi connectivity index (χ3n) is 8.15. The summed E-state index contributed by atoms with van der Waals surface area (Å²) in [5.74, 6) is 1.19. The Bertz CT molecular complexity index is 2320. The SMILES string of the molecule is CCCCc1nc(C)c(Cc2nc(-c3ccc4ccccc4n3)no2)c(=O)n1Cc1ccc(-c2ccccc2-c2noc(=O)[nH]2)cc1. The predicted octanol–water partition coefficient (Wildman–Crippen LogP) is 6.14. The molecule has 11 nitrogen and oxygen atoms in total. The van der Waals surface area contributed by atoms with Crippen LogP contribution in [-0.2, 0) is 19.4 Å². The van der Waals surface area contributed by atoms with Gasteiger partial charge in [0.1, 0.15) is 11.5 Å². The molecule has 0 aliphatic rings. The number of aryl methyl sites for hydroxylation is 2. The molecular formula is C36H31N7O4. The molecule has 0 spiro atoms. The molecule has 4 heterocycles. The van der Waals surface area contributed by atoms with Crippen LogP contribution in [0.15, 0.2) is 104 Å². The highest BCUT2D eigenvalue weighted by atomic mass is 16.5. The number of aromatic amines is 1. The number of hydrogen-bond donors (Lipinski definition) is 1. The topological polar surface area (TPSA) is 146 Å². The smallest absolute Gasteiger partial charge is 0.339 e. The lowest BCUT2D eigenvalue weighted by atomic mass is 9.98. The molecule has 7 aromatic rings. The van der Waals surface area contributed by atoms with Crippen molar-refractivity contribution in [2.24, 2.45) is 0 Å². The van der Waals surface area contributed by atoms with E-state index >= 15 is 0 Å². The molecular weight excluding hydrogens is 594 g/mol. The number of fused-ring (bicyclic) bond motifs is 1. The van der Waals surface area contributed by atoms with Crippen LogP contribution in [-0.4, -0.2) is 34.8 Å². The summed E-state index contributed by atoms with van der Waals surface area (Å²) in [5, 5.41) is 9.03. The second-order valence-electron chi connectivity index (χ2n) is 11.4. The van der Waals surface area contributed by atoms with Gasteiger partial charge in [-0.15, -0.1) is 0 Å². The van der Waals surface area contributed by atoms with E-state index < -0.39 is 5.76 Å². The van der Waals surface area contributed by atoms with Crippen molar-refractivity contribution in [1.29, 1.82) is 0 Å². The monoisotopic (exact) mass is 625 g/mol. The summed E-state index contributed by atoms with van der Waals surface area (Å²) in [6.07, 6.45) is 2.74. The van der Waals surface area contributed by atoms with Gasteiger partial charge in [-0.2, -0.15) is 4.98 Å². The van der Waals surface area contributed by atoms with Crippen LogP contribution in [0.4, 0.5) is 0 Å². The number of rotatable bonds is 10. The molecule has 0 saturated carbocycles. The zero-order valence-corrected chi connectivity index (χ0v) is 25.9. The van der Waals surface area contributed by atoms with E-state index in [0.717, 1.165) is 51.8 Å². The fraction of sp³-hybridized carbons (Fsp3) is 0.194. The van der Waals surface area contributed by atoms with Gasteiger partial charge in [0.2, 0.25) is 11.7 Å². The van der Waals surface area contributed by atoms with E-state index in [9.17, 15) is 9.59 Å². The van der Waals surface area contributed by atoms with Crippen LogP contribution < -0.4 is 11.3 Å². The van der Waals surface area contributed by atoms with Crippen molar-refractivity contribution in [3.05, 3.63) is 134 Å². The molecule has 4 aromatic heterocycles. The lowest BCUT2D eigenvalue weighted by molar-refractivity contribution is 0.384. The third kappa shape index (κ3) is 6.15. The number of hydrogen-bond acceptors (Lipinski definition) is 9. The Hall–Kier alpha value is -5.97. The summed E-state index contributed by atoms with van der Waals surface area (Å²) < 4.78 is 12.1. The van der Waals surface area contributed by atoms with Crippen molar-refractivity contribution in [2.45, 2.75) is 46.1 Å². The van der Waals surface area contributed by atoms with Crippen LogP contribution in [0.5, 0.6) is 0 Å². The maximum Gasteiger partial charge on any atom is 0.439 e. The maximum atomic E-state index is 14.1. The lowest BCUT2D eigenvalue weighted by Crippen LogP contribution is -2.30. The van der Waals surface area contributed by atoms with Crippen LogP contribution >= 0.6 is 0 Å². The van der Waals surface area contributed by atoms with Gasteiger partial charge in [-0.3, -0.25) is 18.9 Å². The molecule has 0 bridgehead atoms. The summed E-state index contributed by atoms with van der Waals surface area (Å²) in [6.45, 7) is 4.33. The van der Waals surface area contributed by atoms with Crippen molar-refractivity contribution in [1.82, 2.24) is 34.8 Å². The molecule has 0 saturated heterocycles. The Morgan fingerprint density at radius 3 is 2.38 bits per heavy atom. The Labute approximate surface area is 269 Å². The largest absolute Gasteiger partial charge is 0.439 e. The number of benzene rings is 3. The highest BCUT2D eigenvalue weighted by molar-refractivity contribution is 5.81. The van der Waals surface area contributed by atoms with Gasteiger partial charge >= 0.3 is 5.76 Å². The van der Waals surface area contributed by atoms with E-state index in [1.54, 1.807) is 4.57 Å². The van der Waals surface area contributed by atoms with E-state index in [4.69, 9.17) is 14.0 Å². The Morgan fingerprint density at radius 2 is 1.60 bits per heavy atom. The fourth-order valence-corrected chi connectivity index (χ4v) is 5.68. The van der Waals surface area contributed by atoms with Crippen LogP contribution in [0, 0.1) is 6.92 Å². The fourth-order valence-electron chi connectivity index (χ4n) is 5.68. The number of unbranched alkanes of at least 4 members (excludes halogenated alkanes) is 1. The van der Waals surface area contributed by atoms with Crippen molar-refractivity contribution in [2.75, 3.05) is 0 Å². The molecule has 47 heavy (non-hydrogen) atoms. The highest BCUT2D eigenvalue weighted by Gasteiger charge is 2.19. The predicted molar refractivity (Wildman–Crippen MR) is 177 cm³/mol. The van der Waals surface area contributed by atoms with Gasteiger partial charge in [0.05, 0.1) is 18.5 Å². The summed E-state index contributed by atoms with van der Waals surface area (Å²) in [5.41, 5.74) is 5.99.